The molecule has 2 aromatic rings. The van der Waals surface area contributed by atoms with Crippen molar-refractivity contribution in [3.05, 3.63) is 45.7 Å². The lowest BCUT2D eigenvalue weighted by molar-refractivity contribution is 0.218. The lowest BCUT2D eigenvalue weighted by Gasteiger charge is -2.09. The van der Waals surface area contributed by atoms with Crippen LogP contribution in [0.1, 0.15) is 16.5 Å². The van der Waals surface area contributed by atoms with Gasteiger partial charge in [-0.1, -0.05) is 22.9 Å². The van der Waals surface area contributed by atoms with Gasteiger partial charge in [0.1, 0.15) is 11.9 Å². The van der Waals surface area contributed by atoms with Crippen LogP contribution in [-0.4, -0.2) is 10.1 Å². The Hall–Kier alpha value is -1.17. The molecule has 6 heteroatoms. The Morgan fingerprint density at radius 1 is 1.50 bits per heavy atom. The number of aromatic nitrogens is 1. The van der Waals surface area contributed by atoms with Crippen LogP contribution in [0.3, 0.4) is 0 Å². The molecular formula is C10H8ClFN2OS. The van der Waals surface area contributed by atoms with Crippen molar-refractivity contribution >= 4 is 28.1 Å². The van der Waals surface area contributed by atoms with Crippen molar-refractivity contribution < 1.29 is 9.50 Å². The van der Waals surface area contributed by atoms with Crippen molar-refractivity contribution in [1.82, 2.24) is 4.98 Å². The third kappa shape index (κ3) is 2.16. The third-order valence-corrected chi connectivity index (χ3v) is 3.18. The molecule has 0 spiro atoms. The largest absolute Gasteiger partial charge is 0.383 e. The van der Waals surface area contributed by atoms with E-state index >= 15 is 0 Å². The van der Waals surface area contributed by atoms with E-state index in [2.05, 4.69) is 4.98 Å². The van der Waals surface area contributed by atoms with Gasteiger partial charge in [-0.25, -0.2) is 9.37 Å². The maximum absolute atomic E-state index is 13.4. The molecule has 16 heavy (non-hydrogen) atoms. The van der Waals surface area contributed by atoms with Crippen molar-refractivity contribution in [2.45, 2.75) is 6.10 Å². The first kappa shape index (κ1) is 11.3. The van der Waals surface area contributed by atoms with Gasteiger partial charge in [0.15, 0.2) is 5.13 Å². The van der Waals surface area contributed by atoms with Crippen molar-refractivity contribution in [3.8, 4) is 0 Å². The Morgan fingerprint density at radius 2 is 2.25 bits per heavy atom. The molecule has 0 bridgehead atoms. The summed E-state index contributed by atoms with van der Waals surface area (Å²) in [4.78, 5) is 4.28. The standard InChI is InChI=1S/C10H8ClFN2OS/c11-5-1-2-7(12)6(3-5)9(15)8-4-14-10(13)16-8/h1-4,9,15H,(H2,13,14). The van der Waals surface area contributed by atoms with E-state index in [0.717, 1.165) is 11.3 Å². The Balaban J connectivity index is 2.40. The first-order valence-electron chi connectivity index (χ1n) is 4.42. The summed E-state index contributed by atoms with van der Waals surface area (Å²) in [5, 5.41) is 10.6. The number of hydrogen-bond donors (Lipinski definition) is 2. The fourth-order valence-corrected chi connectivity index (χ4v) is 2.18. The van der Waals surface area contributed by atoms with Gasteiger partial charge in [-0.3, -0.25) is 0 Å². The van der Waals surface area contributed by atoms with Crippen LogP contribution in [0.5, 0.6) is 0 Å². The number of nitrogen functional groups attached to an aromatic ring is 1. The molecule has 1 unspecified atom stereocenters. The van der Waals surface area contributed by atoms with Gasteiger partial charge in [0, 0.05) is 16.8 Å². The van der Waals surface area contributed by atoms with E-state index in [1.165, 1.54) is 24.4 Å². The number of nitrogens with zero attached hydrogens (tertiary/aromatic N) is 1. The van der Waals surface area contributed by atoms with Crippen molar-refractivity contribution in [1.29, 1.82) is 0 Å². The first-order chi connectivity index (χ1) is 7.58. The smallest absolute Gasteiger partial charge is 0.180 e. The van der Waals surface area contributed by atoms with Gasteiger partial charge < -0.3 is 10.8 Å². The maximum atomic E-state index is 13.4. The molecule has 3 nitrogen and oxygen atoms in total. The summed E-state index contributed by atoms with van der Waals surface area (Å²) in [5.74, 6) is -0.510. The summed E-state index contributed by atoms with van der Waals surface area (Å²) < 4.78 is 13.4. The summed E-state index contributed by atoms with van der Waals surface area (Å²) in [6, 6.07) is 4.02. The van der Waals surface area contributed by atoms with Crippen LogP contribution < -0.4 is 5.73 Å². The molecule has 0 aliphatic rings. The Morgan fingerprint density at radius 3 is 2.88 bits per heavy atom. The second kappa shape index (κ2) is 4.37. The predicted molar refractivity (Wildman–Crippen MR) is 62.0 cm³/mol. The highest BCUT2D eigenvalue weighted by Gasteiger charge is 2.17. The molecule has 0 aliphatic carbocycles. The lowest BCUT2D eigenvalue weighted by Crippen LogP contribution is -2.00. The van der Waals surface area contributed by atoms with Crippen LogP contribution in [0, 0.1) is 5.82 Å². The number of anilines is 1. The third-order valence-electron chi connectivity index (χ3n) is 2.06. The number of hydrogen-bond acceptors (Lipinski definition) is 4. The van der Waals surface area contributed by atoms with E-state index in [1.54, 1.807) is 0 Å². The molecule has 0 amide bonds. The quantitative estimate of drug-likeness (QED) is 0.871. The molecule has 2 rings (SSSR count). The lowest BCUT2D eigenvalue weighted by atomic mass is 10.1. The predicted octanol–water partition coefficient (Wildman–Crippen LogP) is 2.60. The minimum absolute atomic E-state index is 0.121. The summed E-state index contributed by atoms with van der Waals surface area (Å²) in [6.45, 7) is 0. The fourth-order valence-electron chi connectivity index (χ4n) is 1.30. The zero-order chi connectivity index (χ0) is 11.7. The van der Waals surface area contributed by atoms with Gasteiger partial charge in [0.2, 0.25) is 0 Å². The van der Waals surface area contributed by atoms with Crippen LogP contribution in [0.2, 0.25) is 5.02 Å². The first-order valence-corrected chi connectivity index (χ1v) is 5.61. The minimum Gasteiger partial charge on any atom is -0.383 e. The van der Waals surface area contributed by atoms with E-state index in [0.29, 0.717) is 15.0 Å². The van der Waals surface area contributed by atoms with E-state index in [1.807, 2.05) is 0 Å². The molecule has 0 fully saturated rings. The van der Waals surface area contributed by atoms with Crippen LogP contribution in [0.4, 0.5) is 9.52 Å². The van der Waals surface area contributed by atoms with E-state index in [9.17, 15) is 9.50 Å². The highest BCUT2D eigenvalue weighted by Crippen LogP contribution is 2.30. The van der Waals surface area contributed by atoms with Gasteiger partial charge in [-0.05, 0) is 18.2 Å². The van der Waals surface area contributed by atoms with Gasteiger partial charge in [-0.2, -0.15) is 0 Å². The number of nitrogens with two attached hydrogens (primary N) is 1. The van der Waals surface area contributed by atoms with Crippen molar-refractivity contribution in [3.63, 3.8) is 0 Å². The Labute approximate surface area is 100 Å². The van der Waals surface area contributed by atoms with Gasteiger partial charge in [-0.15, -0.1) is 0 Å². The zero-order valence-electron chi connectivity index (χ0n) is 8.02. The second-order valence-corrected chi connectivity index (χ2v) is 4.70. The van der Waals surface area contributed by atoms with Crippen LogP contribution in [0.25, 0.3) is 0 Å². The van der Waals surface area contributed by atoms with E-state index in [4.69, 9.17) is 17.3 Å². The molecule has 0 saturated heterocycles. The highest BCUT2D eigenvalue weighted by atomic mass is 35.5. The summed E-state index contributed by atoms with van der Waals surface area (Å²) >= 11 is 6.85. The molecule has 3 N–H and O–H groups in total. The maximum Gasteiger partial charge on any atom is 0.180 e. The van der Waals surface area contributed by atoms with Crippen molar-refractivity contribution in [2.75, 3.05) is 5.73 Å². The number of aliphatic hydroxyl groups is 1. The minimum atomic E-state index is -1.09. The van der Waals surface area contributed by atoms with Gasteiger partial charge >= 0.3 is 0 Å². The van der Waals surface area contributed by atoms with E-state index in [-0.39, 0.29) is 5.56 Å². The summed E-state index contributed by atoms with van der Waals surface area (Å²) in [7, 11) is 0. The van der Waals surface area contributed by atoms with Gasteiger partial charge in [0.25, 0.3) is 0 Å². The SMILES string of the molecule is Nc1ncc(C(O)c2cc(Cl)ccc2F)s1. The number of halogens is 2. The highest BCUT2D eigenvalue weighted by molar-refractivity contribution is 7.15. The number of thiazole rings is 1. The average molecular weight is 259 g/mol. The second-order valence-electron chi connectivity index (χ2n) is 3.17. The molecular weight excluding hydrogens is 251 g/mol. The van der Waals surface area contributed by atoms with Crippen molar-refractivity contribution in [2.24, 2.45) is 0 Å². The molecule has 84 valence electrons. The van der Waals surface area contributed by atoms with E-state index < -0.39 is 11.9 Å². The van der Waals surface area contributed by atoms with Crippen LogP contribution in [0.15, 0.2) is 24.4 Å². The number of aliphatic hydroxyl groups excluding tert-OH is 1. The number of rotatable bonds is 2. The molecule has 1 heterocycles. The Kier molecular flexibility index (Phi) is 3.09. The molecule has 0 radical (unpaired) electrons. The van der Waals surface area contributed by atoms with Crippen LogP contribution in [-0.2, 0) is 0 Å². The average Bonchev–Trinajstić information content (AvgIpc) is 2.67. The Bertz CT molecular complexity index is 517. The summed E-state index contributed by atoms with van der Waals surface area (Å²) in [6.07, 6.45) is 0.332. The molecule has 1 aromatic heterocycles. The summed E-state index contributed by atoms with van der Waals surface area (Å²) in [5.41, 5.74) is 5.56. The van der Waals surface area contributed by atoms with Gasteiger partial charge in [0.05, 0.1) is 4.88 Å². The normalized spacial score (nSPS) is 12.7. The zero-order valence-corrected chi connectivity index (χ0v) is 9.60. The molecule has 0 aliphatic heterocycles. The molecule has 1 atom stereocenters. The molecule has 0 saturated carbocycles. The van der Waals surface area contributed by atoms with Crippen LogP contribution >= 0.6 is 22.9 Å². The fraction of sp³-hybridized carbons (Fsp3) is 0.100. The topological polar surface area (TPSA) is 59.1 Å². The number of benzene rings is 1. The molecule has 1 aromatic carbocycles. The monoisotopic (exact) mass is 258 g/mol.